The van der Waals surface area contributed by atoms with Crippen LogP contribution in [0, 0.1) is 0 Å². The summed E-state index contributed by atoms with van der Waals surface area (Å²) >= 11 is 6.01. The van der Waals surface area contributed by atoms with Gasteiger partial charge in [-0.3, -0.25) is 4.21 Å². The van der Waals surface area contributed by atoms with Crippen LogP contribution in [0.15, 0.2) is 23.1 Å². The van der Waals surface area contributed by atoms with E-state index in [9.17, 15) is 4.21 Å². The Morgan fingerprint density at radius 2 is 2.35 bits per heavy atom. The van der Waals surface area contributed by atoms with E-state index >= 15 is 0 Å². The van der Waals surface area contributed by atoms with Crippen LogP contribution in [-0.2, 0) is 15.5 Å². The Balaban J connectivity index is 1.96. The Labute approximate surface area is 109 Å². The highest BCUT2D eigenvalue weighted by Crippen LogP contribution is 2.24. The average molecular weight is 274 g/mol. The summed E-state index contributed by atoms with van der Waals surface area (Å²) in [5.41, 5.74) is 6.26. The van der Waals surface area contributed by atoms with E-state index in [2.05, 4.69) is 0 Å². The number of ether oxygens (including phenoxy) is 1. The van der Waals surface area contributed by atoms with E-state index < -0.39 is 10.8 Å². The first kappa shape index (κ1) is 12.9. The predicted octanol–water partition coefficient (Wildman–Crippen LogP) is 2.60. The lowest BCUT2D eigenvalue weighted by Gasteiger charge is -2.09. The highest BCUT2D eigenvalue weighted by Gasteiger charge is 2.17. The molecule has 5 heteroatoms. The maximum absolute atomic E-state index is 12.1. The standard InChI is InChI=1S/C12H16ClNO2S/c13-11-4-3-9(14)8-12(11)17(15)7-5-10-2-1-6-16-10/h3-4,8,10H,1-2,5-7,14H2. The zero-order valence-electron chi connectivity index (χ0n) is 9.52. The smallest absolute Gasteiger partial charge is 0.0594 e. The summed E-state index contributed by atoms with van der Waals surface area (Å²) in [5.74, 6) is 0.577. The molecule has 1 aromatic rings. The minimum atomic E-state index is -1.09. The lowest BCUT2D eigenvalue weighted by Crippen LogP contribution is -2.10. The van der Waals surface area contributed by atoms with Gasteiger partial charge in [-0.25, -0.2) is 0 Å². The summed E-state index contributed by atoms with van der Waals surface area (Å²) in [6.45, 7) is 0.830. The molecule has 1 saturated heterocycles. The molecule has 0 aliphatic carbocycles. The topological polar surface area (TPSA) is 52.3 Å². The van der Waals surface area contributed by atoms with E-state index in [1.165, 1.54) is 0 Å². The van der Waals surface area contributed by atoms with E-state index in [0.717, 1.165) is 25.9 Å². The largest absolute Gasteiger partial charge is 0.399 e. The van der Waals surface area contributed by atoms with Gasteiger partial charge < -0.3 is 10.5 Å². The zero-order valence-corrected chi connectivity index (χ0v) is 11.1. The summed E-state index contributed by atoms with van der Waals surface area (Å²) in [6.07, 6.45) is 3.26. The van der Waals surface area contributed by atoms with Crippen LogP contribution in [0.5, 0.6) is 0 Å². The molecule has 2 unspecified atom stereocenters. The quantitative estimate of drug-likeness (QED) is 0.858. The Bertz CT molecular complexity index is 419. The van der Waals surface area contributed by atoms with Crippen molar-refractivity contribution in [3.63, 3.8) is 0 Å². The second-order valence-corrected chi connectivity index (χ2v) is 6.11. The second-order valence-electron chi connectivity index (χ2n) is 4.16. The Morgan fingerprint density at radius 3 is 3.06 bits per heavy atom. The SMILES string of the molecule is Nc1ccc(Cl)c(S(=O)CCC2CCCO2)c1. The molecule has 2 N–H and O–H groups in total. The highest BCUT2D eigenvalue weighted by molar-refractivity contribution is 7.85. The van der Waals surface area contributed by atoms with Crippen LogP contribution < -0.4 is 5.73 Å². The van der Waals surface area contributed by atoms with Crippen LogP contribution in [0.4, 0.5) is 5.69 Å². The fourth-order valence-corrected chi connectivity index (χ4v) is 3.54. The molecule has 0 radical (unpaired) electrons. The van der Waals surface area contributed by atoms with Gasteiger partial charge in [-0.05, 0) is 37.5 Å². The van der Waals surface area contributed by atoms with Crippen molar-refractivity contribution in [1.29, 1.82) is 0 Å². The van der Waals surface area contributed by atoms with Crippen molar-refractivity contribution in [1.82, 2.24) is 0 Å². The lowest BCUT2D eigenvalue weighted by atomic mass is 10.2. The maximum atomic E-state index is 12.1. The van der Waals surface area contributed by atoms with E-state index in [1.807, 2.05) is 0 Å². The molecular weight excluding hydrogens is 258 g/mol. The van der Waals surface area contributed by atoms with Crippen LogP contribution in [0.2, 0.25) is 5.02 Å². The number of anilines is 1. The monoisotopic (exact) mass is 273 g/mol. The zero-order chi connectivity index (χ0) is 12.3. The Hall–Kier alpha value is -0.580. The van der Waals surface area contributed by atoms with E-state index in [-0.39, 0.29) is 6.10 Å². The van der Waals surface area contributed by atoms with Gasteiger partial charge in [0.2, 0.25) is 0 Å². The van der Waals surface area contributed by atoms with Gasteiger partial charge in [0.05, 0.1) is 26.8 Å². The fourth-order valence-electron chi connectivity index (χ4n) is 1.91. The Kier molecular flexibility index (Phi) is 4.42. The lowest BCUT2D eigenvalue weighted by molar-refractivity contribution is 0.109. The Morgan fingerprint density at radius 1 is 1.53 bits per heavy atom. The molecule has 0 amide bonds. The fraction of sp³-hybridized carbons (Fsp3) is 0.500. The molecule has 3 nitrogen and oxygen atoms in total. The molecule has 0 spiro atoms. The number of rotatable bonds is 4. The van der Waals surface area contributed by atoms with Gasteiger partial charge in [-0.1, -0.05) is 11.6 Å². The third kappa shape index (κ3) is 3.44. The molecule has 2 rings (SSSR count). The van der Waals surface area contributed by atoms with Crippen molar-refractivity contribution >= 4 is 28.1 Å². The summed E-state index contributed by atoms with van der Waals surface area (Å²) in [5, 5.41) is 0.518. The van der Waals surface area contributed by atoms with Gasteiger partial charge in [-0.15, -0.1) is 0 Å². The molecule has 0 saturated carbocycles. The van der Waals surface area contributed by atoms with Crippen LogP contribution in [0.3, 0.4) is 0 Å². The van der Waals surface area contributed by atoms with Crippen LogP contribution >= 0.6 is 11.6 Å². The third-order valence-corrected chi connectivity index (χ3v) is 4.73. The molecule has 94 valence electrons. The highest BCUT2D eigenvalue weighted by atomic mass is 35.5. The van der Waals surface area contributed by atoms with Crippen molar-refractivity contribution in [2.24, 2.45) is 0 Å². The van der Waals surface area contributed by atoms with Crippen molar-refractivity contribution in [2.45, 2.75) is 30.3 Å². The van der Waals surface area contributed by atoms with E-state index in [1.54, 1.807) is 18.2 Å². The van der Waals surface area contributed by atoms with E-state index in [4.69, 9.17) is 22.1 Å². The summed E-state index contributed by atoms with van der Waals surface area (Å²) in [6, 6.07) is 5.09. The molecule has 1 aliphatic rings. The average Bonchev–Trinajstić information content (AvgIpc) is 2.82. The van der Waals surface area contributed by atoms with Crippen molar-refractivity contribution in [3.8, 4) is 0 Å². The molecule has 1 aliphatic heterocycles. The number of hydrogen-bond donors (Lipinski definition) is 1. The summed E-state index contributed by atoms with van der Waals surface area (Å²) in [4.78, 5) is 0.629. The normalized spacial score (nSPS) is 21.6. The second kappa shape index (κ2) is 5.85. The molecule has 2 atom stereocenters. The summed E-state index contributed by atoms with van der Waals surface area (Å²) in [7, 11) is -1.09. The number of nitrogen functional groups attached to an aromatic ring is 1. The van der Waals surface area contributed by atoms with Gasteiger partial charge in [0.25, 0.3) is 0 Å². The molecule has 1 heterocycles. The van der Waals surface area contributed by atoms with Gasteiger partial charge in [0.1, 0.15) is 0 Å². The van der Waals surface area contributed by atoms with Crippen LogP contribution in [0.25, 0.3) is 0 Å². The van der Waals surface area contributed by atoms with Crippen LogP contribution in [-0.4, -0.2) is 22.7 Å². The molecule has 1 aromatic carbocycles. The number of hydrogen-bond acceptors (Lipinski definition) is 3. The van der Waals surface area contributed by atoms with Crippen molar-refractivity contribution < 1.29 is 8.95 Å². The molecular formula is C12H16ClNO2S. The maximum Gasteiger partial charge on any atom is 0.0594 e. The first-order chi connectivity index (χ1) is 8.16. The first-order valence-electron chi connectivity index (χ1n) is 5.72. The van der Waals surface area contributed by atoms with E-state index in [0.29, 0.717) is 21.4 Å². The van der Waals surface area contributed by atoms with Crippen LogP contribution in [0.1, 0.15) is 19.3 Å². The van der Waals surface area contributed by atoms with Gasteiger partial charge in [-0.2, -0.15) is 0 Å². The van der Waals surface area contributed by atoms with Gasteiger partial charge >= 0.3 is 0 Å². The number of halogens is 1. The molecule has 0 bridgehead atoms. The minimum Gasteiger partial charge on any atom is -0.399 e. The van der Waals surface area contributed by atoms with Crippen molar-refractivity contribution in [3.05, 3.63) is 23.2 Å². The van der Waals surface area contributed by atoms with Gasteiger partial charge in [0, 0.05) is 18.0 Å². The van der Waals surface area contributed by atoms with Gasteiger partial charge in [0.15, 0.2) is 0 Å². The number of nitrogens with two attached hydrogens (primary N) is 1. The first-order valence-corrected chi connectivity index (χ1v) is 7.41. The summed E-state index contributed by atoms with van der Waals surface area (Å²) < 4.78 is 17.6. The third-order valence-electron chi connectivity index (χ3n) is 2.85. The predicted molar refractivity (Wildman–Crippen MR) is 70.7 cm³/mol. The number of benzene rings is 1. The minimum absolute atomic E-state index is 0.263. The van der Waals surface area contributed by atoms with Crippen molar-refractivity contribution in [2.75, 3.05) is 18.1 Å². The molecule has 1 fully saturated rings. The molecule has 0 aromatic heterocycles. The molecule has 17 heavy (non-hydrogen) atoms.